The number of hydrazone groups is 1. The number of hydrogen-bond acceptors (Lipinski definition) is 5. The summed E-state index contributed by atoms with van der Waals surface area (Å²) in [5.74, 6) is 0. The lowest BCUT2D eigenvalue weighted by Gasteiger charge is -2.24. The van der Waals surface area contributed by atoms with Crippen LogP contribution in [0.15, 0.2) is 39.6 Å². The number of nitrogens with zero attached hydrogens (tertiary/aromatic N) is 2. The van der Waals surface area contributed by atoms with Crippen LogP contribution >= 0.6 is 34.5 Å². The summed E-state index contributed by atoms with van der Waals surface area (Å²) in [7, 11) is -5.50. The van der Waals surface area contributed by atoms with Crippen molar-refractivity contribution in [3.8, 4) is 0 Å². The summed E-state index contributed by atoms with van der Waals surface area (Å²) in [5.41, 5.74) is 0.483. The summed E-state index contributed by atoms with van der Waals surface area (Å²) >= 11 is 13.1. The van der Waals surface area contributed by atoms with E-state index in [0.29, 0.717) is 14.7 Å². The molecule has 1 aromatic carbocycles. The van der Waals surface area contributed by atoms with Crippen molar-refractivity contribution in [1.82, 2.24) is 4.33 Å². The Balaban J connectivity index is 2.09. The second-order valence-electron chi connectivity index (χ2n) is 4.21. The van der Waals surface area contributed by atoms with E-state index >= 15 is 0 Å². The minimum absolute atomic E-state index is 0.0120. The van der Waals surface area contributed by atoms with E-state index in [0.717, 1.165) is 0 Å². The smallest absolute Gasteiger partial charge is 0.427 e. The minimum atomic E-state index is -4.11. The highest BCUT2D eigenvalue weighted by molar-refractivity contribution is 7.90. The van der Waals surface area contributed by atoms with Gasteiger partial charge in [0.05, 0.1) is 11.2 Å². The zero-order chi connectivity index (χ0) is 15.2. The Labute approximate surface area is 135 Å². The van der Waals surface area contributed by atoms with Crippen molar-refractivity contribution < 1.29 is 13.4 Å². The molecule has 0 spiro atoms. The summed E-state index contributed by atoms with van der Waals surface area (Å²) in [4.78, 5) is 0.512. The van der Waals surface area contributed by atoms with Gasteiger partial charge >= 0.3 is 7.05 Å². The molecule has 0 atom stereocenters. The number of thiophene rings is 1. The molecular weight excluding hydrogens is 354 g/mol. The highest BCUT2D eigenvalue weighted by Crippen LogP contribution is 2.29. The first kappa shape index (κ1) is 14.9. The minimum Gasteiger partial charge on any atom is -0.427 e. The Hall–Kier alpha value is -1.06. The molecule has 0 saturated carbocycles. The SMILES string of the molecule is O=S(=O)(c1cc(Cl)ccc1Cl)N1N=Cc2sccc2B1O. The van der Waals surface area contributed by atoms with Crippen LogP contribution in [0.2, 0.25) is 10.0 Å². The summed E-state index contributed by atoms with van der Waals surface area (Å²) in [6.07, 6.45) is 1.39. The van der Waals surface area contributed by atoms with Crippen LogP contribution in [-0.4, -0.2) is 31.0 Å². The number of hydrogen-bond donors (Lipinski definition) is 1. The molecule has 1 N–H and O–H groups in total. The zero-order valence-corrected chi connectivity index (χ0v) is 13.4. The second-order valence-corrected chi connectivity index (χ2v) is 7.77. The number of benzene rings is 1. The average Bonchev–Trinajstić information content (AvgIpc) is 2.91. The number of rotatable bonds is 2. The predicted molar refractivity (Wildman–Crippen MR) is 85.0 cm³/mol. The van der Waals surface area contributed by atoms with E-state index in [4.69, 9.17) is 23.2 Å². The molecule has 21 heavy (non-hydrogen) atoms. The summed E-state index contributed by atoms with van der Waals surface area (Å²) in [5, 5.41) is 16.0. The van der Waals surface area contributed by atoms with E-state index in [9.17, 15) is 13.4 Å². The van der Waals surface area contributed by atoms with Crippen LogP contribution in [0, 0.1) is 0 Å². The molecule has 0 amide bonds. The van der Waals surface area contributed by atoms with E-state index in [1.165, 1.54) is 35.8 Å². The third-order valence-electron chi connectivity index (χ3n) is 2.92. The van der Waals surface area contributed by atoms with Crippen LogP contribution in [-0.2, 0) is 10.0 Å². The fourth-order valence-electron chi connectivity index (χ4n) is 1.91. The summed E-state index contributed by atoms with van der Waals surface area (Å²) in [6, 6.07) is 5.74. The second kappa shape index (κ2) is 5.29. The lowest BCUT2D eigenvalue weighted by molar-refractivity contribution is 0.476. The first-order valence-electron chi connectivity index (χ1n) is 5.70. The third-order valence-corrected chi connectivity index (χ3v) is 6.14. The van der Waals surface area contributed by atoms with Gasteiger partial charge in [-0.05, 0) is 29.0 Å². The van der Waals surface area contributed by atoms with Gasteiger partial charge in [-0.25, -0.2) is 8.42 Å². The van der Waals surface area contributed by atoms with E-state index < -0.39 is 17.1 Å². The molecule has 5 nitrogen and oxygen atoms in total. The molecular formula is C11H7BCl2N2O3S2. The molecule has 0 unspecified atom stereocenters. The fourth-order valence-corrected chi connectivity index (χ4v) is 4.67. The van der Waals surface area contributed by atoms with Crippen molar-refractivity contribution in [2.75, 3.05) is 0 Å². The predicted octanol–water partition coefficient (Wildman–Crippen LogP) is 1.78. The van der Waals surface area contributed by atoms with E-state index in [-0.39, 0.29) is 14.9 Å². The van der Waals surface area contributed by atoms with Crippen LogP contribution in [0.25, 0.3) is 0 Å². The lowest BCUT2D eigenvalue weighted by atomic mass is 9.75. The van der Waals surface area contributed by atoms with Crippen molar-refractivity contribution in [1.29, 1.82) is 0 Å². The largest absolute Gasteiger partial charge is 0.485 e. The van der Waals surface area contributed by atoms with E-state index in [2.05, 4.69) is 5.10 Å². The van der Waals surface area contributed by atoms with Gasteiger partial charge in [-0.2, -0.15) is 9.43 Å². The van der Waals surface area contributed by atoms with Gasteiger partial charge in [0.1, 0.15) is 4.90 Å². The van der Waals surface area contributed by atoms with E-state index in [1.54, 1.807) is 11.4 Å². The molecule has 0 bridgehead atoms. The first-order valence-corrected chi connectivity index (χ1v) is 8.78. The Kier molecular flexibility index (Phi) is 3.75. The molecule has 2 aromatic rings. The van der Waals surface area contributed by atoms with Gasteiger partial charge in [0.15, 0.2) is 0 Å². The topological polar surface area (TPSA) is 70.0 Å². The van der Waals surface area contributed by atoms with Crippen molar-refractivity contribution in [2.45, 2.75) is 4.90 Å². The molecule has 108 valence electrons. The molecule has 3 rings (SSSR count). The molecule has 10 heteroatoms. The lowest BCUT2D eigenvalue weighted by Crippen LogP contribution is -2.51. The Morgan fingerprint density at radius 1 is 1.29 bits per heavy atom. The normalized spacial score (nSPS) is 14.4. The molecule has 0 aliphatic carbocycles. The van der Waals surface area contributed by atoms with Gasteiger partial charge in [0.25, 0.3) is 10.0 Å². The van der Waals surface area contributed by atoms with Crippen molar-refractivity contribution in [3.05, 3.63) is 44.6 Å². The highest BCUT2D eigenvalue weighted by atomic mass is 35.5. The quantitative estimate of drug-likeness (QED) is 0.830. The summed E-state index contributed by atoms with van der Waals surface area (Å²) in [6.45, 7) is 0. The maximum absolute atomic E-state index is 12.6. The maximum atomic E-state index is 12.6. The molecule has 1 aliphatic heterocycles. The van der Waals surface area contributed by atoms with Crippen LogP contribution < -0.4 is 5.46 Å². The molecule has 0 saturated heterocycles. The monoisotopic (exact) mass is 360 g/mol. The van der Waals surface area contributed by atoms with Crippen molar-refractivity contribution >= 4 is 63.3 Å². The van der Waals surface area contributed by atoms with Gasteiger partial charge in [0.2, 0.25) is 0 Å². The number of sulfonamides is 1. The van der Waals surface area contributed by atoms with Crippen molar-refractivity contribution in [3.63, 3.8) is 0 Å². The molecule has 0 radical (unpaired) electrons. The van der Waals surface area contributed by atoms with Crippen LogP contribution in [0.4, 0.5) is 0 Å². The van der Waals surface area contributed by atoms with E-state index in [1.807, 2.05) is 0 Å². The summed E-state index contributed by atoms with van der Waals surface area (Å²) < 4.78 is 25.9. The van der Waals surface area contributed by atoms with Crippen molar-refractivity contribution in [2.24, 2.45) is 5.10 Å². The van der Waals surface area contributed by atoms with Gasteiger partial charge < -0.3 is 5.02 Å². The average molecular weight is 361 g/mol. The molecule has 1 aliphatic rings. The maximum Gasteiger partial charge on any atom is 0.485 e. The fraction of sp³-hybridized carbons (Fsp3) is 0. The molecule has 2 heterocycles. The van der Waals surface area contributed by atoms with Crippen LogP contribution in [0.3, 0.4) is 0 Å². The van der Waals surface area contributed by atoms with Gasteiger partial charge in [-0.3, -0.25) is 0 Å². The van der Waals surface area contributed by atoms with Crippen LogP contribution in [0.5, 0.6) is 0 Å². The van der Waals surface area contributed by atoms with Gasteiger partial charge in [-0.15, -0.1) is 11.3 Å². The number of fused-ring (bicyclic) bond motifs is 1. The Morgan fingerprint density at radius 2 is 2.05 bits per heavy atom. The standard InChI is InChI=1S/C11H7BCl2N2O3S2/c13-7-1-2-9(14)11(5-7)21(18,19)16-12(17)8-3-4-20-10(8)6-15-16/h1-6,17H. The van der Waals surface area contributed by atoms with Crippen LogP contribution in [0.1, 0.15) is 4.88 Å². The Bertz CT molecular complexity index is 838. The molecule has 1 aromatic heterocycles. The highest BCUT2D eigenvalue weighted by Gasteiger charge is 2.39. The number of halogens is 2. The van der Waals surface area contributed by atoms with Gasteiger partial charge in [-0.1, -0.05) is 29.3 Å². The first-order chi connectivity index (χ1) is 9.91. The molecule has 0 fully saturated rings. The zero-order valence-electron chi connectivity index (χ0n) is 10.3. The van der Waals surface area contributed by atoms with Gasteiger partial charge in [0, 0.05) is 9.90 Å². The third kappa shape index (κ3) is 2.47. The Morgan fingerprint density at radius 3 is 2.81 bits per heavy atom.